The predicted octanol–water partition coefficient (Wildman–Crippen LogP) is 0.695. The maximum absolute atomic E-state index is 10.6. The topological polar surface area (TPSA) is 43.4 Å². The summed E-state index contributed by atoms with van der Waals surface area (Å²) >= 11 is 0. The molecule has 0 radical (unpaired) electrons. The highest BCUT2D eigenvalue weighted by atomic mass is 16.5. The van der Waals surface area contributed by atoms with Gasteiger partial charge < -0.3 is 4.74 Å². The van der Waals surface area contributed by atoms with Crippen LogP contribution in [0.4, 0.5) is 0 Å². The fraction of sp³-hybridized carbons (Fsp3) is 0.429. The number of esters is 1. The van der Waals surface area contributed by atoms with Gasteiger partial charge in [0, 0.05) is 5.57 Å². The standard InChI is InChI=1S/C7H10O3/c1-5(4-6(2)8)7(9)10-3/h4H,1-3H3. The highest BCUT2D eigenvalue weighted by Gasteiger charge is 2.02. The zero-order valence-electron chi connectivity index (χ0n) is 6.30. The molecule has 0 fully saturated rings. The second-order valence-corrected chi connectivity index (χ2v) is 1.93. The van der Waals surface area contributed by atoms with Gasteiger partial charge in [-0.1, -0.05) is 0 Å². The number of allylic oxidation sites excluding steroid dienone is 1. The van der Waals surface area contributed by atoms with Crippen LogP contribution in [0, 0.1) is 0 Å². The van der Waals surface area contributed by atoms with Gasteiger partial charge in [0.1, 0.15) is 0 Å². The highest BCUT2D eigenvalue weighted by molar-refractivity contribution is 5.97. The molecule has 0 aliphatic rings. The van der Waals surface area contributed by atoms with Gasteiger partial charge in [0.2, 0.25) is 0 Å². The molecule has 0 aromatic heterocycles. The second kappa shape index (κ2) is 3.82. The van der Waals surface area contributed by atoms with E-state index in [9.17, 15) is 9.59 Å². The number of methoxy groups -OCH3 is 1. The lowest BCUT2D eigenvalue weighted by molar-refractivity contribution is -0.136. The number of carbonyl (C=O) groups is 2. The van der Waals surface area contributed by atoms with Gasteiger partial charge in [-0.15, -0.1) is 0 Å². The van der Waals surface area contributed by atoms with Crippen LogP contribution in [0.5, 0.6) is 0 Å². The molecule has 0 aromatic rings. The average molecular weight is 142 g/mol. The smallest absolute Gasteiger partial charge is 0.333 e. The first-order valence-electron chi connectivity index (χ1n) is 2.85. The van der Waals surface area contributed by atoms with Crippen LogP contribution in [0.3, 0.4) is 0 Å². The zero-order valence-corrected chi connectivity index (χ0v) is 6.30. The number of ketones is 1. The molecular weight excluding hydrogens is 132 g/mol. The highest BCUT2D eigenvalue weighted by Crippen LogP contribution is 1.94. The monoisotopic (exact) mass is 142 g/mol. The fourth-order valence-corrected chi connectivity index (χ4v) is 0.525. The summed E-state index contributed by atoms with van der Waals surface area (Å²) < 4.78 is 4.35. The normalized spacial score (nSPS) is 10.9. The van der Waals surface area contributed by atoms with Crippen molar-refractivity contribution in [2.75, 3.05) is 7.11 Å². The Bertz CT molecular complexity index is 179. The third-order valence-corrected chi connectivity index (χ3v) is 0.927. The van der Waals surface area contributed by atoms with Crippen molar-refractivity contribution < 1.29 is 14.3 Å². The van der Waals surface area contributed by atoms with E-state index in [4.69, 9.17) is 0 Å². The summed E-state index contributed by atoms with van der Waals surface area (Å²) in [5, 5.41) is 0. The second-order valence-electron chi connectivity index (χ2n) is 1.93. The average Bonchev–Trinajstić information content (AvgIpc) is 1.85. The summed E-state index contributed by atoms with van der Waals surface area (Å²) in [7, 11) is 1.28. The van der Waals surface area contributed by atoms with Crippen LogP contribution in [0.2, 0.25) is 0 Å². The minimum absolute atomic E-state index is 0.150. The molecule has 3 nitrogen and oxygen atoms in total. The molecule has 0 aromatic carbocycles. The number of hydrogen-bond acceptors (Lipinski definition) is 3. The van der Waals surface area contributed by atoms with Crippen molar-refractivity contribution in [2.45, 2.75) is 13.8 Å². The Balaban J connectivity index is 4.19. The van der Waals surface area contributed by atoms with E-state index in [1.54, 1.807) is 0 Å². The van der Waals surface area contributed by atoms with Crippen LogP contribution in [0.1, 0.15) is 13.8 Å². The lowest BCUT2D eigenvalue weighted by atomic mass is 10.2. The largest absolute Gasteiger partial charge is 0.466 e. The first-order valence-corrected chi connectivity index (χ1v) is 2.85. The van der Waals surface area contributed by atoms with Gasteiger partial charge in [0.05, 0.1) is 7.11 Å². The van der Waals surface area contributed by atoms with Crippen LogP contribution >= 0.6 is 0 Å². The Morgan fingerprint density at radius 1 is 1.30 bits per heavy atom. The van der Waals surface area contributed by atoms with Crippen molar-refractivity contribution in [1.82, 2.24) is 0 Å². The van der Waals surface area contributed by atoms with E-state index in [1.165, 1.54) is 27.0 Å². The molecule has 0 amide bonds. The third-order valence-electron chi connectivity index (χ3n) is 0.927. The Morgan fingerprint density at radius 2 is 1.80 bits per heavy atom. The number of ether oxygens (including phenoxy) is 1. The van der Waals surface area contributed by atoms with Crippen LogP contribution in [-0.2, 0) is 14.3 Å². The minimum Gasteiger partial charge on any atom is -0.466 e. The summed E-state index contributed by atoms with van der Waals surface area (Å²) in [6, 6.07) is 0. The van der Waals surface area contributed by atoms with E-state index in [1.807, 2.05) is 0 Å². The lowest BCUT2D eigenvalue weighted by Crippen LogP contribution is -2.02. The van der Waals surface area contributed by atoms with Gasteiger partial charge in [-0.25, -0.2) is 4.79 Å². The van der Waals surface area contributed by atoms with Crippen LogP contribution in [0.15, 0.2) is 11.6 Å². The van der Waals surface area contributed by atoms with E-state index < -0.39 is 5.97 Å². The van der Waals surface area contributed by atoms with E-state index in [2.05, 4.69) is 4.74 Å². The quantitative estimate of drug-likeness (QED) is 0.421. The maximum atomic E-state index is 10.6. The molecule has 0 atom stereocenters. The van der Waals surface area contributed by atoms with Gasteiger partial charge in [-0.05, 0) is 19.9 Å². The predicted molar refractivity (Wildman–Crippen MR) is 36.5 cm³/mol. The molecule has 3 heteroatoms. The Labute approximate surface area is 59.7 Å². The van der Waals surface area contributed by atoms with E-state index in [0.29, 0.717) is 5.57 Å². The van der Waals surface area contributed by atoms with Gasteiger partial charge in [-0.2, -0.15) is 0 Å². The Morgan fingerprint density at radius 3 is 2.10 bits per heavy atom. The molecule has 0 bridgehead atoms. The SMILES string of the molecule is COC(=O)C(C)=CC(C)=O. The fourth-order valence-electron chi connectivity index (χ4n) is 0.525. The van der Waals surface area contributed by atoms with Gasteiger partial charge >= 0.3 is 5.97 Å². The maximum Gasteiger partial charge on any atom is 0.333 e. The Hall–Kier alpha value is -1.12. The van der Waals surface area contributed by atoms with Crippen molar-refractivity contribution in [3.05, 3.63) is 11.6 Å². The lowest BCUT2D eigenvalue weighted by Gasteiger charge is -1.95. The molecule has 0 aliphatic heterocycles. The molecule has 0 aliphatic carbocycles. The van der Waals surface area contributed by atoms with Gasteiger partial charge in [0.25, 0.3) is 0 Å². The number of rotatable bonds is 2. The van der Waals surface area contributed by atoms with Crippen LogP contribution < -0.4 is 0 Å². The van der Waals surface area contributed by atoms with Gasteiger partial charge in [-0.3, -0.25) is 4.79 Å². The van der Waals surface area contributed by atoms with Crippen molar-refractivity contribution in [2.24, 2.45) is 0 Å². The van der Waals surface area contributed by atoms with E-state index >= 15 is 0 Å². The summed E-state index contributed by atoms with van der Waals surface area (Å²) in [5.74, 6) is -0.613. The first kappa shape index (κ1) is 8.88. The van der Waals surface area contributed by atoms with Gasteiger partial charge in [0.15, 0.2) is 5.78 Å². The summed E-state index contributed by atoms with van der Waals surface area (Å²) in [6.07, 6.45) is 1.24. The summed E-state index contributed by atoms with van der Waals surface area (Å²) in [6.45, 7) is 2.92. The number of hydrogen-bond donors (Lipinski definition) is 0. The molecule has 0 heterocycles. The minimum atomic E-state index is -0.463. The Kier molecular flexibility index (Phi) is 3.39. The molecule has 0 saturated heterocycles. The van der Waals surface area contributed by atoms with E-state index in [-0.39, 0.29) is 5.78 Å². The van der Waals surface area contributed by atoms with Crippen molar-refractivity contribution in [1.29, 1.82) is 0 Å². The van der Waals surface area contributed by atoms with Crippen LogP contribution in [0.25, 0.3) is 0 Å². The zero-order chi connectivity index (χ0) is 8.15. The molecule has 0 unspecified atom stereocenters. The summed E-state index contributed by atoms with van der Waals surface area (Å²) in [5.41, 5.74) is 0.329. The molecule has 56 valence electrons. The van der Waals surface area contributed by atoms with Crippen molar-refractivity contribution in [3.8, 4) is 0 Å². The van der Waals surface area contributed by atoms with Crippen molar-refractivity contribution in [3.63, 3.8) is 0 Å². The third kappa shape index (κ3) is 3.02. The first-order chi connectivity index (χ1) is 4.57. The molecule has 0 spiro atoms. The molecular formula is C7H10O3. The summed E-state index contributed by atoms with van der Waals surface area (Å²) in [4.78, 5) is 21.0. The molecule has 10 heavy (non-hydrogen) atoms. The van der Waals surface area contributed by atoms with Crippen molar-refractivity contribution >= 4 is 11.8 Å². The van der Waals surface area contributed by atoms with E-state index in [0.717, 1.165) is 0 Å². The van der Waals surface area contributed by atoms with Crippen LogP contribution in [-0.4, -0.2) is 18.9 Å². The molecule has 0 rings (SSSR count). The molecule has 0 saturated carbocycles. The number of carbonyl (C=O) groups excluding carboxylic acids is 2. The molecule has 0 N–H and O–H groups in total.